The van der Waals surface area contributed by atoms with Crippen LogP contribution >= 0.6 is 0 Å². The molecule has 0 radical (unpaired) electrons. The maximum atomic E-state index is 12.1. The Morgan fingerprint density at radius 2 is 1.79 bits per heavy atom. The summed E-state index contributed by atoms with van der Waals surface area (Å²) in [5, 5.41) is 0. The standard InChI is InChI=1S/C12H16F3N3O/c1-17-4-6-18(7-5-17)11-3-2-9(8-10(11)16)19-12(13,14)15/h2-3,8H,4-7,16H2,1H3. The summed E-state index contributed by atoms with van der Waals surface area (Å²) in [6.07, 6.45) is -4.69. The summed E-state index contributed by atoms with van der Waals surface area (Å²) < 4.78 is 40.1. The molecule has 1 aliphatic heterocycles. The second-order valence-corrected chi connectivity index (χ2v) is 4.56. The van der Waals surface area contributed by atoms with Gasteiger partial charge in [0.2, 0.25) is 0 Å². The Hall–Kier alpha value is -1.63. The number of ether oxygens (including phenoxy) is 1. The lowest BCUT2D eigenvalue weighted by Gasteiger charge is -2.34. The van der Waals surface area contributed by atoms with Gasteiger partial charge in [-0.25, -0.2) is 0 Å². The molecule has 7 heteroatoms. The number of nitrogens with zero attached hydrogens (tertiary/aromatic N) is 2. The van der Waals surface area contributed by atoms with Gasteiger partial charge in [0.25, 0.3) is 0 Å². The third-order valence-corrected chi connectivity index (χ3v) is 3.08. The maximum Gasteiger partial charge on any atom is 0.573 e. The van der Waals surface area contributed by atoms with E-state index >= 15 is 0 Å². The first-order chi connectivity index (χ1) is 8.85. The van der Waals surface area contributed by atoms with E-state index in [1.54, 1.807) is 6.07 Å². The number of nitrogen functional groups attached to an aromatic ring is 1. The van der Waals surface area contributed by atoms with Crippen LogP contribution in [0.3, 0.4) is 0 Å². The molecule has 0 saturated carbocycles. The van der Waals surface area contributed by atoms with E-state index in [1.807, 2.05) is 7.05 Å². The van der Waals surface area contributed by atoms with E-state index in [-0.39, 0.29) is 5.75 Å². The zero-order valence-electron chi connectivity index (χ0n) is 10.6. The van der Waals surface area contributed by atoms with Crippen LogP contribution in [0.15, 0.2) is 18.2 Å². The van der Waals surface area contributed by atoms with Crippen LogP contribution in [-0.2, 0) is 0 Å². The van der Waals surface area contributed by atoms with Gasteiger partial charge in [0.1, 0.15) is 5.75 Å². The smallest absolute Gasteiger partial charge is 0.406 e. The van der Waals surface area contributed by atoms with Gasteiger partial charge in [0.15, 0.2) is 0 Å². The number of hydrogen-bond acceptors (Lipinski definition) is 4. The molecule has 1 aromatic rings. The van der Waals surface area contributed by atoms with Gasteiger partial charge >= 0.3 is 6.36 Å². The normalized spacial score (nSPS) is 17.6. The van der Waals surface area contributed by atoms with Crippen LogP contribution in [0.1, 0.15) is 0 Å². The molecule has 1 heterocycles. The fourth-order valence-electron chi connectivity index (χ4n) is 2.07. The first kappa shape index (κ1) is 13.8. The number of piperazine rings is 1. The number of nitrogens with two attached hydrogens (primary N) is 1. The number of hydrogen-bond donors (Lipinski definition) is 1. The SMILES string of the molecule is CN1CCN(c2ccc(OC(F)(F)F)cc2N)CC1. The zero-order valence-corrected chi connectivity index (χ0v) is 10.6. The van der Waals surface area contributed by atoms with Crippen LogP contribution in [0, 0.1) is 0 Å². The van der Waals surface area contributed by atoms with Gasteiger partial charge in [-0.3, -0.25) is 0 Å². The summed E-state index contributed by atoms with van der Waals surface area (Å²) in [6, 6.07) is 4.07. The average Bonchev–Trinajstić information content (AvgIpc) is 2.29. The summed E-state index contributed by atoms with van der Waals surface area (Å²) in [4.78, 5) is 4.25. The summed E-state index contributed by atoms with van der Waals surface area (Å²) >= 11 is 0. The molecule has 1 aliphatic rings. The van der Waals surface area contributed by atoms with Gasteiger partial charge in [-0.05, 0) is 19.2 Å². The highest BCUT2D eigenvalue weighted by Crippen LogP contribution is 2.31. The molecular weight excluding hydrogens is 259 g/mol. The van der Waals surface area contributed by atoms with Crippen molar-refractivity contribution in [3.8, 4) is 5.75 Å². The number of benzene rings is 1. The van der Waals surface area contributed by atoms with Crippen molar-refractivity contribution in [1.29, 1.82) is 0 Å². The van der Waals surface area contributed by atoms with E-state index < -0.39 is 6.36 Å². The first-order valence-corrected chi connectivity index (χ1v) is 5.94. The van der Waals surface area contributed by atoms with Crippen molar-refractivity contribution in [2.75, 3.05) is 43.9 Å². The predicted octanol–water partition coefficient (Wildman–Crippen LogP) is 1.92. The minimum absolute atomic E-state index is 0.289. The van der Waals surface area contributed by atoms with Gasteiger partial charge in [0, 0.05) is 32.2 Å². The Kier molecular flexibility index (Phi) is 3.75. The van der Waals surface area contributed by atoms with Crippen molar-refractivity contribution in [3.63, 3.8) is 0 Å². The topological polar surface area (TPSA) is 41.7 Å². The Balaban J connectivity index is 2.11. The molecule has 0 aromatic heterocycles. The second kappa shape index (κ2) is 5.16. The molecule has 2 N–H and O–H groups in total. The largest absolute Gasteiger partial charge is 0.573 e. The molecule has 1 fully saturated rings. The van der Waals surface area contributed by atoms with E-state index in [9.17, 15) is 13.2 Å². The summed E-state index contributed by atoms with van der Waals surface area (Å²) in [7, 11) is 2.03. The highest BCUT2D eigenvalue weighted by Gasteiger charge is 2.31. The third kappa shape index (κ3) is 3.66. The molecule has 0 unspecified atom stereocenters. The Morgan fingerprint density at radius 3 is 2.32 bits per heavy atom. The molecule has 0 bridgehead atoms. The van der Waals surface area contributed by atoms with Crippen LogP contribution in [0.5, 0.6) is 5.75 Å². The van der Waals surface area contributed by atoms with Gasteiger partial charge in [-0.15, -0.1) is 13.2 Å². The molecule has 106 valence electrons. The number of alkyl halides is 3. The zero-order chi connectivity index (χ0) is 14.0. The highest BCUT2D eigenvalue weighted by molar-refractivity contribution is 5.69. The summed E-state index contributed by atoms with van der Waals surface area (Å²) in [6.45, 7) is 3.42. The van der Waals surface area contributed by atoms with Gasteiger partial charge < -0.3 is 20.3 Å². The molecule has 0 spiro atoms. The Bertz CT molecular complexity index is 442. The quantitative estimate of drug-likeness (QED) is 0.837. The summed E-state index contributed by atoms with van der Waals surface area (Å²) in [5.74, 6) is -0.289. The molecule has 0 atom stereocenters. The number of likely N-dealkylation sites (N-methyl/N-ethyl adjacent to an activating group) is 1. The van der Waals surface area contributed by atoms with Gasteiger partial charge in [-0.2, -0.15) is 0 Å². The van der Waals surface area contributed by atoms with Crippen molar-refractivity contribution in [3.05, 3.63) is 18.2 Å². The van der Waals surface area contributed by atoms with E-state index in [1.165, 1.54) is 12.1 Å². The lowest BCUT2D eigenvalue weighted by Crippen LogP contribution is -2.44. The minimum atomic E-state index is -4.69. The third-order valence-electron chi connectivity index (χ3n) is 3.08. The lowest BCUT2D eigenvalue weighted by atomic mass is 10.2. The van der Waals surface area contributed by atoms with E-state index in [0.717, 1.165) is 31.9 Å². The van der Waals surface area contributed by atoms with Crippen molar-refractivity contribution >= 4 is 11.4 Å². The first-order valence-electron chi connectivity index (χ1n) is 5.94. The molecule has 1 aromatic carbocycles. The van der Waals surface area contributed by atoms with E-state index in [2.05, 4.69) is 14.5 Å². The second-order valence-electron chi connectivity index (χ2n) is 4.56. The van der Waals surface area contributed by atoms with Gasteiger partial charge in [-0.1, -0.05) is 0 Å². The molecule has 1 saturated heterocycles. The number of rotatable bonds is 2. The van der Waals surface area contributed by atoms with Crippen LogP contribution in [0.25, 0.3) is 0 Å². The fourth-order valence-corrected chi connectivity index (χ4v) is 2.07. The lowest BCUT2D eigenvalue weighted by molar-refractivity contribution is -0.274. The van der Waals surface area contributed by atoms with Crippen molar-refractivity contribution < 1.29 is 17.9 Å². The molecule has 0 aliphatic carbocycles. The molecular formula is C12H16F3N3O. The minimum Gasteiger partial charge on any atom is -0.406 e. The molecule has 19 heavy (non-hydrogen) atoms. The summed E-state index contributed by atoms with van der Waals surface area (Å²) in [5.41, 5.74) is 6.85. The average molecular weight is 275 g/mol. The van der Waals surface area contributed by atoms with E-state index in [4.69, 9.17) is 5.73 Å². The van der Waals surface area contributed by atoms with Crippen molar-refractivity contribution in [1.82, 2.24) is 4.90 Å². The van der Waals surface area contributed by atoms with Crippen molar-refractivity contribution in [2.24, 2.45) is 0 Å². The van der Waals surface area contributed by atoms with Crippen molar-refractivity contribution in [2.45, 2.75) is 6.36 Å². The molecule has 0 amide bonds. The number of halogens is 3. The van der Waals surface area contributed by atoms with Crippen LogP contribution in [0.2, 0.25) is 0 Å². The van der Waals surface area contributed by atoms with Crippen LogP contribution in [-0.4, -0.2) is 44.5 Å². The maximum absolute atomic E-state index is 12.1. The van der Waals surface area contributed by atoms with Crippen LogP contribution in [0.4, 0.5) is 24.5 Å². The van der Waals surface area contributed by atoms with Crippen LogP contribution < -0.4 is 15.4 Å². The molecule has 4 nitrogen and oxygen atoms in total. The predicted molar refractivity (Wildman–Crippen MR) is 67.2 cm³/mol. The Labute approximate surface area is 109 Å². The number of anilines is 2. The molecule has 2 rings (SSSR count). The van der Waals surface area contributed by atoms with E-state index in [0.29, 0.717) is 5.69 Å². The van der Waals surface area contributed by atoms with Gasteiger partial charge in [0.05, 0.1) is 11.4 Å². The fraction of sp³-hybridized carbons (Fsp3) is 0.500. The Morgan fingerprint density at radius 1 is 1.16 bits per heavy atom. The highest BCUT2D eigenvalue weighted by atomic mass is 19.4. The monoisotopic (exact) mass is 275 g/mol.